The van der Waals surface area contributed by atoms with Crippen molar-refractivity contribution in [3.8, 4) is 0 Å². The highest BCUT2D eigenvalue weighted by Gasteiger charge is 2.89. The van der Waals surface area contributed by atoms with Crippen molar-refractivity contribution in [1.29, 1.82) is 0 Å². The van der Waals surface area contributed by atoms with Gasteiger partial charge < -0.3 is 9.47 Å². The van der Waals surface area contributed by atoms with Gasteiger partial charge in [-0.25, -0.2) is 4.90 Å². The van der Waals surface area contributed by atoms with E-state index in [0.717, 1.165) is 10.5 Å². The third-order valence-electron chi connectivity index (χ3n) is 5.94. The number of carbonyl (C=O) groups excluding carboxylic acids is 2. The number of imide groups is 1. The quantitative estimate of drug-likeness (QED) is 0.362. The topological polar surface area (TPSA) is 55.8 Å². The number of anilines is 1. The average molecular weight is 486 g/mol. The third kappa shape index (κ3) is 1.95. The molecule has 1 saturated carbocycles. The molecule has 0 N–H and O–H groups in total. The molecule has 1 heterocycles. The number of nitrogens with zero attached hydrogens (tertiary/aromatic N) is 1. The van der Waals surface area contributed by atoms with Gasteiger partial charge in [0.1, 0.15) is 9.75 Å². The molecule has 2 amide bonds. The van der Waals surface area contributed by atoms with Gasteiger partial charge in [-0.3, -0.25) is 9.59 Å². The van der Waals surface area contributed by atoms with Crippen LogP contribution in [0.2, 0.25) is 5.02 Å². The van der Waals surface area contributed by atoms with E-state index in [1.165, 1.54) is 20.3 Å². The summed E-state index contributed by atoms with van der Waals surface area (Å²) in [5.41, 5.74) is 1.12. The summed E-state index contributed by atoms with van der Waals surface area (Å²) < 4.78 is 11.1. The van der Waals surface area contributed by atoms with Crippen LogP contribution in [0.1, 0.15) is 5.56 Å². The highest BCUT2D eigenvalue weighted by Crippen LogP contribution is 2.75. The fourth-order valence-corrected chi connectivity index (χ4v) is 7.02. The molecule has 0 spiro atoms. The first-order valence-electron chi connectivity index (χ1n) is 8.22. The lowest BCUT2D eigenvalue weighted by Crippen LogP contribution is -2.60. The largest absolute Gasteiger partial charge is 0.350 e. The van der Waals surface area contributed by atoms with Gasteiger partial charge >= 0.3 is 0 Å². The van der Waals surface area contributed by atoms with Gasteiger partial charge in [-0.05, 0) is 24.6 Å². The number of rotatable bonds is 3. The molecule has 2 aliphatic carbocycles. The summed E-state index contributed by atoms with van der Waals surface area (Å²) in [4.78, 5) is 24.3. The zero-order chi connectivity index (χ0) is 20.8. The number of methoxy groups -OCH3 is 2. The number of amides is 2. The number of aryl methyl sites for hydroxylation is 1. The molecule has 1 aromatic carbocycles. The van der Waals surface area contributed by atoms with Gasteiger partial charge in [0.05, 0.1) is 27.6 Å². The summed E-state index contributed by atoms with van der Waals surface area (Å²) in [7, 11) is 2.62. The maximum Gasteiger partial charge on any atom is 0.240 e. The van der Waals surface area contributed by atoms with E-state index in [4.69, 9.17) is 67.5 Å². The summed E-state index contributed by atoms with van der Waals surface area (Å²) >= 11 is 32.8. The van der Waals surface area contributed by atoms with Crippen LogP contribution < -0.4 is 4.90 Å². The van der Waals surface area contributed by atoms with Crippen LogP contribution >= 0.6 is 58.0 Å². The minimum Gasteiger partial charge on any atom is -0.350 e. The molecule has 1 aromatic rings. The number of ether oxygens (including phenoxy) is 2. The summed E-state index contributed by atoms with van der Waals surface area (Å²) in [5, 5.41) is 0.276. The SMILES string of the molecule is COC1(OC)[C@]2(Cl)C(Cl)=C(Cl)[C@]1(Cl)[C@H]1C(=O)N(c3ccc(C)c(Cl)c3)C(=O)[C@H]12. The van der Waals surface area contributed by atoms with Crippen LogP contribution in [0.15, 0.2) is 28.3 Å². The molecule has 28 heavy (non-hydrogen) atoms. The molecule has 5 nitrogen and oxygen atoms in total. The minimum absolute atomic E-state index is 0.0688. The number of halogens is 5. The number of carbonyl (C=O) groups is 2. The van der Waals surface area contributed by atoms with E-state index in [0.29, 0.717) is 10.7 Å². The van der Waals surface area contributed by atoms with E-state index in [-0.39, 0.29) is 10.1 Å². The van der Waals surface area contributed by atoms with Crippen molar-refractivity contribution in [3.05, 3.63) is 38.8 Å². The van der Waals surface area contributed by atoms with Crippen molar-refractivity contribution >= 4 is 75.5 Å². The fourth-order valence-electron chi connectivity index (χ4n) is 4.68. The molecule has 1 saturated heterocycles. The van der Waals surface area contributed by atoms with Crippen LogP contribution in [-0.4, -0.2) is 41.6 Å². The first kappa shape index (κ1) is 20.7. The average Bonchev–Trinajstić information content (AvgIpc) is 3.08. The van der Waals surface area contributed by atoms with Crippen LogP contribution in [0, 0.1) is 18.8 Å². The van der Waals surface area contributed by atoms with Crippen molar-refractivity contribution in [2.45, 2.75) is 22.5 Å². The molecule has 2 fully saturated rings. The van der Waals surface area contributed by atoms with Gasteiger partial charge in [0.2, 0.25) is 17.6 Å². The van der Waals surface area contributed by atoms with E-state index in [9.17, 15) is 9.59 Å². The highest BCUT2D eigenvalue weighted by atomic mass is 35.5. The van der Waals surface area contributed by atoms with Crippen LogP contribution in [0.25, 0.3) is 0 Å². The van der Waals surface area contributed by atoms with E-state index >= 15 is 0 Å². The molecule has 3 aliphatic rings. The van der Waals surface area contributed by atoms with Crippen LogP contribution in [0.4, 0.5) is 5.69 Å². The monoisotopic (exact) mass is 483 g/mol. The molecule has 150 valence electrons. The molecule has 1 aliphatic heterocycles. The van der Waals surface area contributed by atoms with Crippen LogP contribution in [0.3, 0.4) is 0 Å². The van der Waals surface area contributed by atoms with Gasteiger partial charge in [0.25, 0.3) is 0 Å². The molecule has 4 rings (SSSR count). The maximum absolute atomic E-state index is 13.4. The fraction of sp³-hybridized carbons (Fsp3) is 0.444. The maximum atomic E-state index is 13.4. The smallest absolute Gasteiger partial charge is 0.240 e. The van der Waals surface area contributed by atoms with Crippen molar-refractivity contribution in [3.63, 3.8) is 0 Å². The second-order valence-electron chi connectivity index (χ2n) is 6.98. The standard InChI is InChI=1S/C18H14Cl5NO4/c1-7-4-5-8(6-9(7)19)24-14(25)10-11(15(24)26)17(23)13(21)12(20)16(10,22)18(17,27-2)28-3/h4-6,10-11H,1-3H3/t10-,11+,16-,17-/m1/s1. The Kier molecular flexibility index (Phi) is 4.62. The third-order valence-corrected chi connectivity index (χ3v) is 8.96. The Morgan fingerprint density at radius 3 is 1.79 bits per heavy atom. The van der Waals surface area contributed by atoms with Gasteiger partial charge in [-0.15, -0.1) is 23.2 Å². The number of hydrogen-bond acceptors (Lipinski definition) is 4. The van der Waals surface area contributed by atoms with Crippen LogP contribution in [0.5, 0.6) is 0 Å². The second-order valence-corrected chi connectivity index (χ2v) is 9.33. The Morgan fingerprint density at radius 2 is 1.39 bits per heavy atom. The van der Waals surface area contributed by atoms with E-state index in [1.54, 1.807) is 12.1 Å². The first-order valence-corrected chi connectivity index (χ1v) is 10.1. The number of hydrogen-bond donors (Lipinski definition) is 0. The zero-order valence-corrected chi connectivity index (χ0v) is 18.6. The van der Waals surface area contributed by atoms with Crippen molar-refractivity contribution < 1.29 is 19.1 Å². The van der Waals surface area contributed by atoms with Crippen molar-refractivity contribution in [1.82, 2.24) is 0 Å². The summed E-state index contributed by atoms with van der Waals surface area (Å²) in [6.07, 6.45) is 0. The molecular formula is C18H14Cl5NO4. The van der Waals surface area contributed by atoms with E-state index in [2.05, 4.69) is 0 Å². The summed E-state index contributed by atoms with van der Waals surface area (Å²) in [6, 6.07) is 4.87. The predicted molar refractivity (Wildman–Crippen MR) is 108 cm³/mol. The lowest BCUT2D eigenvalue weighted by Gasteiger charge is -2.42. The predicted octanol–water partition coefficient (Wildman–Crippen LogP) is 4.41. The van der Waals surface area contributed by atoms with Crippen molar-refractivity contribution in [2.75, 3.05) is 19.1 Å². The number of fused-ring (bicyclic) bond motifs is 5. The van der Waals surface area contributed by atoms with Gasteiger partial charge in [-0.2, -0.15) is 0 Å². The molecule has 10 heteroatoms. The molecule has 4 atom stereocenters. The molecule has 0 unspecified atom stereocenters. The Hall–Kier alpha value is -0.530. The van der Waals surface area contributed by atoms with E-state index < -0.39 is 39.2 Å². The number of benzene rings is 1. The second kappa shape index (κ2) is 6.24. The van der Waals surface area contributed by atoms with E-state index in [1.807, 2.05) is 6.92 Å². The number of alkyl halides is 2. The summed E-state index contributed by atoms with van der Waals surface area (Å²) in [6.45, 7) is 1.81. The minimum atomic E-state index is -1.80. The Balaban J connectivity index is 1.92. The first-order chi connectivity index (χ1) is 13.0. The highest BCUT2D eigenvalue weighted by molar-refractivity contribution is 6.54. The molecule has 2 bridgehead atoms. The van der Waals surface area contributed by atoms with Gasteiger partial charge in [0, 0.05) is 19.2 Å². The molecule has 0 aromatic heterocycles. The van der Waals surface area contributed by atoms with Crippen molar-refractivity contribution in [2.24, 2.45) is 11.8 Å². The Morgan fingerprint density at radius 1 is 0.929 bits per heavy atom. The van der Waals surface area contributed by atoms with Crippen LogP contribution in [-0.2, 0) is 19.1 Å². The van der Waals surface area contributed by atoms with Gasteiger partial charge in [0.15, 0.2) is 0 Å². The summed E-state index contributed by atoms with van der Waals surface area (Å²) in [5.74, 6) is -5.21. The normalized spacial score (nSPS) is 35.9. The zero-order valence-electron chi connectivity index (χ0n) is 14.9. The molecule has 0 radical (unpaired) electrons. The molecular weight excluding hydrogens is 471 g/mol. The lowest BCUT2D eigenvalue weighted by atomic mass is 9.84. The Bertz CT molecular complexity index is 915. The van der Waals surface area contributed by atoms with Gasteiger partial charge in [-0.1, -0.05) is 40.9 Å². The Labute approximate surface area is 186 Å². The lowest BCUT2D eigenvalue weighted by molar-refractivity contribution is -0.221.